The van der Waals surface area contributed by atoms with Crippen LogP contribution in [0, 0.1) is 11.3 Å². The SMILES string of the molecule is CCCCOCC(=O)N(C)c1cc(C#N)ccn1. The number of amides is 1. The summed E-state index contributed by atoms with van der Waals surface area (Å²) in [6.07, 6.45) is 3.49. The molecule has 0 N–H and O–H groups in total. The first-order valence-corrected chi connectivity index (χ1v) is 5.89. The van der Waals surface area contributed by atoms with Crippen LogP contribution < -0.4 is 4.90 Å². The Kier molecular flexibility index (Phi) is 5.81. The zero-order chi connectivity index (χ0) is 13.4. The molecule has 96 valence electrons. The Morgan fingerprint density at radius 1 is 1.61 bits per heavy atom. The highest BCUT2D eigenvalue weighted by atomic mass is 16.5. The van der Waals surface area contributed by atoms with Gasteiger partial charge in [0.2, 0.25) is 0 Å². The zero-order valence-corrected chi connectivity index (χ0v) is 10.7. The predicted molar refractivity (Wildman–Crippen MR) is 68.1 cm³/mol. The van der Waals surface area contributed by atoms with Crippen LogP contribution in [0.2, 0.25) is 0 Å². The highest BCUT2D eigenvalue weighted by Crippen LogP contribution is 2.10. The lowest BCUT2D eigenvalue weighted by atomic mass is 10.3. The molecule has 0 aromatic carbocycles. The van der Waals surface area contributed by atoms with Gasteiger partial charge in [0.25, 0.3) is 5.91 Å². The molecule has 0 aliphatic heterocycles. The standard InChI is InChI=1S/C13H17N3O2/c1-3-4-7-18-10-13(17)16(2)12-8-11(9-14)5-6-15-12/h5-6,8H,3-4,7,10H2,1-2H3. The summed E-state index contributed by atoms with van der Waals surface area (Å²) in [6.45, 7) is 2.69. The van der Waals surface area contributed by atoms with Crippen LogP contribution in [0.4, 0.5) is 5.82 Å². The van der Waals surface area contributed by atoms with Crippen LogP contribution in [0.3, 0.4) is 0 Å². The molecule has 1 rings (SSSR count). The Hall–Kier alpha value is -1.93. The van der Waals surface area contributed by atoms with Gasteiger partial charge in [0.15, 0.2) is 0 Å². The van der Waals surface area contributed by atoms with E-state index in [1.807, 2.05) is 6.07 Å². The predicted octanol–water partition coefficient (Wildman–Crippen LogP) is 1.73. The second kappa shape index (κ2) is 7.41. The molecule has 1 aromatic heterocycles. The highest BCUT2D eigenvalue weighted by molar-refractivity contribution is 5.92. The smallest absolute Gasteiger partial charge is 0.253 e. The molecule has 18 heavy (non-hydrogen) atoms. The van der Waals surface area contributed by atoms with Crippen molar-refractivity contribution >= 4 is 11.7 Å². The number of pyridine rings is 1. The first-order valence-electron chi connectivity index (χ1n) is 5.89. The fourth-order valence-corrected chi connectivity index (χ4v) is 1.30. The van der Waals surface area contributed by atoms with E-state index < -0.39 is 0 Å². The van der Waals surface area contributed by atoms with Crippen LogP contribution in [-0.2, 0) is 9.53 Å². The Morgan fingerprint density at radius 3 is 3.06 bits per heavy atom. The number of carbonyl (C=O) groups is 1. The van der Waals surface area contributed by atoms with Crippen LogP contribution >= 0.6 is 0 Å². The van der Waals surface area contributed by atoms with Gasteiger partial charge in [-0.2, -0.15) is 5.26 Å². The number of anilines is 1. The van der Waals surface area contributed by atoms with Crippen LogP contribution in [0.25, 0.3) is 0 Å². The molecule has 0 atom stereocenters. The number of hydrogen-bond donors (Lipinski definition) is 0. The van der Waals surface area contributed by atoms with Crippen molar-refractivity contribution in [2.24, 2.45) is 0 Å². The summed E-state index contributed by atoms with van der Waals surface area (Å²) in [6, 6.07) is 5.18. The van der Waals surface area contributed by atoms with E-state index in [0.717, 1.165) is 12.8 Å². The van der Waals surface area contributed by atoms with E-state index in [-0.39, 0.29) is 12.5 Å². The van der Waals surface area contributed by atoms with Gasteiger partial charge in [-0.05, 0) is 18.6 Å². The van der Waals surface area contributed by atoms with E-state index in [1.165, 1.54) is 11.1 Å². The summed E-state index contributed by atoms with van der Waals surface area (Å²) in [5, 5.41) is 8.78. The first-order chi connectivity index (χ1) is 8.69. The molecule has 0 saturated carbocycles. The van der Waals surface area contributed by atoms with E-state index in [0.29, 0.717) is 18.0 Å². The van der Waals surface area contributed by atoms with Gasteiger partial charge in [0.1, 0.15) is 12.4 Å². The number of rotatable bonds is 6. The van der Waals surface area contributed by atoms with Crippen molar-refractivity contribution in [3.05, 3.63) is 23.9 Å². The lowest BCUT2D eigenvalue weighted by Gasteiger charge is -2.16. The number of unbranched alkanes of at least 4 members (excludes halogenated alkanes) is 1. The number of aromatic nitrogens is 1. The quantitative estimate of drug-likeness (QED) is 0.718. The average Bonchev–Trinajstić information content (AvgIpc) is 2.42. The first kappa shape index (κ1) is 14.1. The zero-order valence-electron chi connectivity index (χ0n) is 10.7. The lowest BCUT2D eigenvalue weighted by molar-refractivity contribution is -0.122. The molecular weight excluding hydrogens is 230 g/mol. The monoisotopic (exact) mass is 247 g/mol. The minimum atomic E-state index is -0.173. The minimum absolute atomic E-state index is 0.0367. The number of nitrogens with zero attached hydrogens (tertiary/aromatic N) is 3. The molecule has 0 fully saturated rings. The fourth-order valence-electron chi connectivity index (χ4n) is 1.30. The number of likely N-dealkylation sites (N-methyl/N-ethyl adjacent to an activating group) is 1. The van der Waals surface area contributed by atoms with Gasteiger partial charge in [-0.15, -0.1) is 0 Å². The molecule has 0 spiro atoms. The Balaban J connectivity index is 2.55. The van der Waals surface area contributed by atoms with Gasteiger partial charge in [-0.1, -0.05) is 13.3 Å². The Morgan fingerprint density at radius 2 is 2.39 bits per heavy atom. The van der Waals surface area contributed by atoms with Crippen LogP contribution in [0.1, 0.15) is 25.3 Å². The molecule has 0 radical (unpaired) electrons. The van der Waals surface area contributed by atoms with Crippen molar-refractivity contribution < 1.29 is 9.53 Å². The van der Waals surface area contributed by atoms with E-state index in [2.05, 4.69) is 11.9 Å². The van der Waals surface area contributed by atoms with Crippen molar-refractivity contribution in [1.29, 1.82) is 5.26 Å². The van der Waals surface area contributed by atoms with E-state index in [4.69, 9.17) is 10.00 Å². The van der Waals surface area contributed by atoms with Crippen LogP contribution in [-0.4, -0.2) is 31.2 Å². The molecule has 0 saturated heterocycles. The van der Waals surface area contributed by atoms with Gasteiger partial charge in [0.05, 0.1) is 11.6 Å². The van der Waals surface area contributed by atoms with E-state index in [1.54, 1.807) is 19.2 Å². The Labute approximate surface area is 107 Å². The van der Waals surface area contributed by atoms with Crippen molar-refractivity contribution in [2.45, 2.75) is 19.8 Å². The molecule has 5 nitrogen and oxygen atoms in total. The third-order valence-corrected chi connectivity index (χ3v) is 2.46. The molecule has 1 aromatic rings. The fraction of sp³-hybridized carbons (Fsp3) is 0.462. The van der Waals surface area contributed by atoms with Gasteiger partial charge in [0, 0.05) is 19.9 Å². The number of hydrogen-bond acceptors (Lipinski definition) is 4. The second-order valence-electron chi connectivity index (χ2n) is 3.87. The van der Waals surface area contributed by atoms with Crippen molar-refractivity contribution in [3.8, 4) is 6.07 Å². The summed E-state index contributed by atoms with van der Waals surface area (Å²) >= 11 is 0. The molecule has 0 aliphatic carbocycles. The molecule has 0 bridgehead atoms. The maximum absolute atomic E-state index is 11.8. The van der Waals surface area contributed by atoms with Gasteiger partial charge in [-0.3, -0.25) is 9.69 Å². The van der Waals surface area contributed by atoms with Crippen LogP contribution in [0.15, 0.2) is 18.3 Å². The molecule has 0 aliphatic rings. The second-order valence-corrected chi connectivity index (χ2v) is 3.87. The van der Waals surface area contributed by atoms with Gasteiger partial charge >= 0.3 is 0 Å². The largest absolute Gasteiger partial charge is 0.372 e. The highest BCUT2D eigenvalue weighted by Gasteiger charge is 2.12. The normalized spacial score (nSPS) is 9.83. The summed E-state index contributed by atoms with van der Waals surface area (Å²) in [5.41, 5.74) is 0.478. The van der Waals surface area contributed by atoms with Crippen molar-refractivity contribution in [1.82, 2.24) is 4.98 Å². The van der Waals surface area contributed by atoms with Crippen LogP contribution in [0.5, 0.6) is 0 Å². The molecule has 1 amide bonds. The maximum Gasteiger partial charge on any atom is 0.253 e. The third-order valence-electron chi connectivity index (χ3n) is 2.46. The molecule has 0 unspecified atom stereocenters. The summed E-state index contributed by atoms with van der Waals surface area (Å²) in [5.74, 6) is 0.284. The van der Waals surface area contributed by atoms with Crippen molar-refractivity contribution in [3.63, 3.8) is 0 Å². The lowest BCUT2D eigenvalue weighted by Crippen LogP contribution is -2.31. The third kappa shape index (κ3) is 4.15. The maximum atomic E-state index is 11.8. The van der Waals surface area contributed by atoms with E-state index in [9.17, 15) is 4.79 Å². The topological polar surface area (TPSA) is 66.2 Å². The van der Waals surface area contributed by atoms with Gasteiger partial charge in [-0.25, -0.2) is 4.98 Å². The number of ether oxygens (including phenoxy) is 1. The molecule has 5 heteroatoms. The summed E-state index contributed by atoms with van der Waals surface area (Å²) in [7, 11) is 1.62. The summed E-state index contributed by atoms with van der Waals surface area (Å²) in [4.78, 5) is 17.2. The Bertz CT molecular complexity index is 440. The van der Waals surface area contributed by atoms with Gasteiger partial charge < -0.3 is 4.74 Å². The van der Waals surface area contributed by atoms with E-state index >= 15 is 0 Å². The van der Waals surface area contributed by atoms with Crippen molar-refractivity contribution in [2.75, 3.05) is 25.2 Å². The number of nitriles is 1. The average molecular weight is 247 g/mol. The molecular formula is C13H17N3O2. The molecule has 1 heterocycles. The minimum Gasteiger partial charge on any atom is -0.372 e. The summed E-state index contributed by atoms with van der Waals surface area (Å²) < 4.78 is 5.25. The number of carbonyl (C=O) groups excluding carboxylic acids is 1.